The SMILES string of the molecule is CC(C)C(=O)NNC(=O)Cc1c[nH]c2ccccc12. The average molecular weight is 259 g/mol. The van der Waals surface area contributed by atoms with Crippen LogP contribution in [0.2, 0.25) is 0 Å². The Labute approximate surface area is 111 Å². The first-order chi connectivity index (χ1) is 9.08. The molecule has 5 heteroatoms. The van der Waals surface area contributed by atoms with Crippen LogP contribution < -0.4 is 10.9 Å². The van der Waals surface area contributed by atoms with E-state index in [0.29, 0.717) is 0 Å². The quantitative estimate of drug-likeness (QED) is 0.731. The van der Waals surface area contributed by atoms with Gasteiger partial charge in [-0.05, 0) is 11.6 Å². The Kier molecular flexibility index (Phi) is 3.85. The van der Waals surface area contributed by atoms with E-state index in [0.717, 1.165) is 16.5 Å². The lowest BCUT2D eigenvalue weighted by Crippen LogP contribution is -2.44. The molecule has 0 bridgehead atoms. The fraction of sp³-hybridized carbons (Fsp3) is 0.286. The summed E-state index contributed by atoms with van der Waals surface area (Å²) in [5, 5.41) is 1.02. The van der Waals surface area contributed by atoms with Crippen molar-refractivity contribution in [3.05, 3.63) is 36.0 Å². The Bertz CT molecular complexity index is 602. The molecule has 2 rings (SSSR count). The molecule has 100 valence electrons. The minimum absolute atomic E-state index is 0.159. The molecule has 0 unspecified atom stereocenters. The summed E-state index contributed by atoms with van der Waals surface area (Å²) in [7, 11) is 0. The van der Waals surface area contributed by atoms with Gasteiger partial charge in [-0.15, -0.1) is 0 Å². The van der Waals surface area contributed by atoms with E-state index in [1.54, 1.807) is 13.8 Å². The lowest BCUT2D eigenvalue weighted by atomic mass is 10.1. The van der Waals surface area contributed by atoms with Crippen LogP contribution in [-0.2, 0) is 16.0 Å². The number of amides is 2. The molecule has 1 heterocycles. The number of H-pyrrole nitrogens is 1. The van der Waals surface area contributed by atoms with E-state index < -0.39 is 0 Å². The van der Waals surface area contributed by atoms with Gasteiger partial charge in [0.1, 0.15) is 0 Å². The second kappa shape index (κ2) is 5.56. The van der Waals surface area contributed by atoms with Crippen molar-refractivity contribution in [2.45, 2.75) is 20.3 Å². The zero-order valence-corrected chi connectivity index (χ0v) is 11.0. The topological polar surface area (TPSA) is 74.0 Å². The van der Waals surface area contributed by atoms with E-state index in [4.69, 9.17) is 0 Å². The standard InChI is InChI=1S/C14H17N3O2/c1-9(2)14(19)17-16-13(18)7-10-8-15-12-6-4-3-5-11(10)12/h3-6,8-9,15H,7H2,1-2H3,(H,16,18)(H,17,19). The second-order valence-electron chi connectivity index (χ2n) is 4.73. The number of aromatic nitrogens is 1. The number of hydrogen-bond acceptors (Lipinski definition) is 2. The van der Waals surface area contributed by atoms with Crippen molar-refractivity contribution < 1.29 is 9.59 Å². The third-order valence-corrected chi connectivity index (χ3v) is 2.88. The van der Waals surface area contributed by atoms with E-state index in [-0.39, 0.29) is 24.2 Å². The van der Waals surface area contributed by atoms with Crippen LogP contribution in [0.25, 0.3) is 10.9 Å². The summed E-state index contributed by atoms with van der Waals surface area (Å²) < 4.78 is 0. The number of rotatable bonds is 3. The zero-order valence-electron chi connectivity index (χ0n) is 11.0. The molecule has 0 radical (unpaired) electrons. The normalized spacial score (nSPS) is 10.7. The molecule has 19 heavy (non-hydrogen) atoms. The first-order valence-electron chi connectivity index (χ1n) is 6.21. The monoisotopic (exact) mass is 259 g/mol. The molecule has 0 atom stereocenters. The van der Waals surface area contributed by atoms with Gasteiger partial charge < -0.3 is 4.98 Å². The van der Waals surface area contributed by atoms with Gasteiger partial charge in [-0.25, -0.2) is 0 Å². The van der Waals surface area contributed by atoms with Gasteiger partial charge in [-0.1, -0.05) is 32.0 Å². The highest BCUT2D eigenvalue weighted by Crippen LogP contribution is 2.17. The minimum Gasteiger partial charge on any atom is -0.361 e. The summed E-state index contributed by atoms with van der Waals surface area (Å²) in [6.07, 6.45) is 2.04. The highest BCUT2D eigenvalue weighted by molar-refractivity contribution is 5.89. The molecule has 0 saturated heterocycles. The van der Waals surface area contributed by atoms with Crippen LogP contribution in [0.5, 0.6) is 0 Å². The molecule has 0 aliphatic carbocycles. The Morgan fingerprint density at radius 3 is 2.68 bits per heavy atom. The Morgan fingerprint density at radius 1 is 1.21 bits per heavy atom. The number of benzene rings is 1. The van der Waals surface area contributed by atoms with Crippen molar-refractivity contribution >= 4 is 22.7 Å². The van der Waals surface area contributed by atoms with Crippen LogP contribution in [0.1, 0.15) is 19.4 Å². The van der Waals surface area contributed by atoms with Gasteiger partial charge in [-0.2, -0.15) is 0 Å². The van der Waals surface area contributed by atoms with Crippen molar-refractivity contribution in [1.82, 2.24) is 15.8 Å². The molecular formula is C14H17N3O2. The maximum absolute atomic E-state index is 11.7. The predicted molar refractivity (Wildman–Crippen MR) is 73.1 cm³/mol. The third kappa shape index (κ3) is 3.13. The van der Waals surface area contributed by atoms with E-state index in [1.165, 1.54) is 0 Å². The van der Waals surface area contributed by atoms with Gasteiger partial charge in [0.05, 0.1) is 6.42 Å². The van der Waals surface area contributed by atoms with Gasteiger partial charge >= 0.3 is 0 Å². The first kappa shape index (κ1) is 13.1. The highest BCUT2D eigenvalue weighted by Gasteiger charge is 2.10. The molecule has 2 amide bonds. The van der Waals surface area contributed by atoms with Crippen LogP contribution in [0.15, 0.2) is 30.5 Å². The lowest BCUT2D eigenvalue weighted by molar-refractivity contribution is -0.130. The van der Waals surface area contributed by atoms with Crippen LogP contribution in [0.4, 0.5) is 0 Å². The fourth-order valence-electron chi connectivity index (χ4n) is 1.77. The Morgan fingerprint density at radius 2 is 1.95 bits per heavy atom. The molecule has 1 aromatic heterocycles. The smallest absolute Gasteiger partial charge is 0.242 e. The summed E-state index contributed by atoms with van der Waals surface area (Å²) in [4.78, 5) is 26.2. The summed E-state index contributed by atoms with van der Waals surface area (Å²) in [6.45, 7) is 3.53. The number of para-hydroxylation sites is 1. The lowest BCUT2D eigenvalue weighted by Gasteiger charge is -2.08. The van der Waals surface area contributed by atoms with Crippen LogP contribution >= 0.6 is 0 Å². The molecule has 2 aromatic rings. The number of fused-ring (bicyclic) bond motifs is 1. The van der Waals surface area contributed by atoms with Crippen molar-refractivity contribution in [3.8, 4) is 0 Å². The molecule has 5 nitrogen and oxygen atoms in total. The maximum Gasteiger partial charge on any atom is 0.242 e. The van der Waals surface area contributed by atoms with Crippen molar-refractivity contribution in [1.29, 1.82) is 0 Å². The van der Waals surface area contributed by atoms with E-state index >= 15 is 0 Å². The van der Waals surface area contributed by atoms with E-state index in [1.807, 2.05) is 30.5 Å². The predicted octanol–water partition coefficient (Wildman–Crippen LogP) is 1.51. The van der Waals surface area contributed by atoms with Crippen molar-refractivity contribution in [3.63, 3.8) is 0 Å². The van der Waals surface area contributed by atoms with Gasteiger partial charge in [0, 0.05) is 23.0 Å². The molecule has 0 aliphatic heterocycles. The number of hydrogen-bond donors (Lipinski definition) is 3. The number of carbonyl (C=O) groups excluding carboxylic acids is 2. The van der Waals surface area contributed by atoms with E-state index in [9.17, 15) is 9.59 Å². The van der Waals surface area contributed by atoms with E-state index in [2.05, 4.69) is 15.8 Å². The fourth-order valence-corrected chi connectivity index (χ4v) is 1.77. The number of hydrazine groups is 1. The van der Waals surface area contributed by atoms with Crippen molar-refractivity contribution in [2.75, 3.05) is 0 Å². The van der Waals surface area contributed by atoms with Gasteiger partial charge in [0.15, 0.2) is 0 Å². The largest absolute Gasteiger partial charge is 0.361 e. The Balaban J connectivity index is 1.97. The molecule has 0 aliphatic rings. The number of nitrogens with one attached hydrogen (secondary N) is 3. The maximum atomic E-state index is 11.7. The van der Waals surface area contributed by atoms with Gasteiger partial charge in [0.25, 0.3) is 0 Å². The first-order valence-corrected chi connectivity index (χ1v) is 6.21. The second-order valence-corrected chi connectivity index (χ2v) is 4.73. The summed E-state index contributed by atoms with van der Waals surface area (Å²) in [6, 6.07) is 7.78. The van der Waals surface area contributed by atoms with Crippen LogP contribution in [-0.4, -0.2) is 16.8 Å². The summed E-state index contributed by atoms with van der Waals surface area (Å²) in [5.74, 6) is -0.598. The molecule has 0 saturated carbocycles. The molecule has 0 fully saturated rings. The highest BCUT2D eigenvalue weighted by atomic mass is 16.2. The summed E-state index contributed by atoms with van der Waals surface area (Å²) >= 11 is 0. The van der Waals surface area contributed by atoms with Crippen LogP contribution in [0.3, 0.4) is 0 Å². The minimum atomic E-state index is -0.237. The van der Waals surface area contributed by atoms with Crippen molar-refractivity contribution in [2.24, 2.45) is 5.92 Å². The molecule has 0 spiro atoms. The average Bonchev–Trinajstić information content (AvgIpc) is 2.79. The number of carbonyl (C=O) groups is 2. The molecule has 3 N–H and O–H groups in total. The van der Waals surface area contributed by atoms with Gasteiger partial charge in [-0.3, -0.25) is 20.4 Å². The van der Waals surface area contributed by atoms with Gasteiger partial charge in [0.2, 0.25) is 11.8 Å². The number of aromatic amines is 1. The Hall–Kier alpha value is -2.30. The van der Waals surface area contributed by atoms with Crippen LogP contribution in [0, 0.1) is 5.92 Å². The molecule has 1 aromatic carbocycles. The summed E-state index contributed by atoms with van der Waals surface area (Å²) in [5.41, 5.74) is 6.71. The zero-order chi connectivity index (χ0) is 13.8. The third-order valence-electron chi connectivity index (χ3n) is 2.88. The molecular weight excluding hydrogens is 242 g/mol.